The minimum Gasteiger partial charge on any atom is -0.497 e. The standard InChI is InChI=1S/C24H34N4O3/c1-17(29)8-5-4-6-11-21(27-24(30)19-12-13-28(2)16-19)23-25-15-22(26-23)18-9-7-10-20(14-18)31-3/h7,9-10,14-15,19,21H,4-6,8,11-13,16H2,1-3H3,(H,25,26)(H,27,30)/t19-,21-/m0/s1. The Kier molecular flexibility index (Phi) is 8.23. The van der Waals surface area contributed by atoms with Crippen molar-refractivity contribution in [3.05, 3.63) is 36.3 Å². The van der Waals surface area contributed by atoms with E-state index in [1.165, 1.54) is 0 Å². The number of likely N-dealkylation sites (tertiary alicyclic amines) is 1. The lowest BCUT2D eigenvalue weighted by Crippen LogP contribution is -2.35. The number of aromatic amines is 1. The molecule has 1 aromatic heterocycles. The van der Waals surface area contributed by atoms with Crippen LogP contribution in [0.2, 0.25) is 0 Å². The minimum absolute atomic E-state index is 0.0260. The van der Waals surface area contributed by atoms with Crippen LogP contribution < -0.4 is 10.1 Å². The van der Waals surface area contributed by atoms with Crippen LogP contribution in [0.15, 0.2) is 30.5 Å². The third-order valence-electron chi connectivity index (χ3n) is 5.91. The molecule has 0 bridgehead atoms. The van der Waals surface area contributed by atoms with Gasteiger partial charge in [-0.15, -0.1) is 0 Å². The Balaban J connectivity index is 1.69. The number of aromatic nitrogens is 2. The monoisotopic (exact) mass is 426 g/mol. The SMILES string of the molecule is COc1cccc(-c2cnc([C@H](CCCCCC(C)=O)NC(=O)[C@H]3CCN(C)C3)[nH]2)c1. The maximum absolute atomic E-state index is 12.9. The molecule has 7 heteroatoms. The van der Waals surface area contributed by atoms with Crippen LogP contribution in [-0.4, -0.2) is 53.8 Å². The van der Waals surface area contributed by atoms with E-state index in [0.29, 0.717) is 6.42 Å². The molecule has 2 heterocycles. The Hall–Kier alpha value is -2.67. The number of H-pyrrole nitrogens is 1. The number of hydrogen-bond donors (Lipinski definition) is 2. The zero-order valence-corrected chi connectivity index (χ0v) is 18.8. The summed E-state index contributed by atoms with van der Waals surface area (Å²) in [7, 11) is 3.70. The van der Waals surface area contributed by atoms with E-state index in [0.717, 1.165) is 68.0 Å². The number of imidazole rings is 1. The highest BCUT2D eigenvalue weighted by atomic mass is 16.5. The molecule has 0 spiro atoms. The fourth-order valence-corrected chi connectivity index (χ4v) is 4.07. The summed E-state index contributed by atoms with van der Waals surface area (Å²) in [5.41, 5.74) is 1.88. The van der Waals surface area contributed by atoms with Crippen molar-refractivity contribution in [3.8, 4) is 17.0 Å². The number of ketones is 1. The molecule has 7 nitrogen and oxygen atoms in total. The van der Waals surface area contributed by atoms with Crippen LogP contribution in [-0.2, 0) is 9.59 Å². The number of nitrogens with zero attached hydrogens (tertiary/aromatic N) is 2. The number of hydrogen-bond acceptors (Lipinski definition) is 5. The number of methoxy groups -OCH3 is 1. The molecule has 0 unspecified atom stereocenters. The summed E-state index contributed by atoms with van der Waals surface area (Å²) in [6, 6.07) is 7.64. The van der Waals surface area contributed by atoms with Gasteiger partial charge < -0.3 is 24.7 Å². The van der Waals surface area contributed by atoms with Crippen LogP contribution >= 0.6 is 0 Å². The highest BCUT2D eigenvalue weighted by Gasteiger charge is 2.28. The third-order valence-corrected chi connectivity index (χ3v) is 5.91. The number of nitrogens with one attached hydrogen (secondary N) is 2. The summed E-state index contributed by atoms with van der Waals surface area (Å²) < 4.78 is 5.32. The first kappa shape index (κ1) is 23.0. The fraction of sp³-hybridized carbons (Fsp3) is 0.542. The van der Waals surface area contributed by atoms with Crippen molar-refractivity contribution in [3.63, 3.8) is 0 Å². The molecule has 31 heavy (non-hydrogen) atoms. The quantitative estimate of drug-likeness (QED) is 0.535. The van der Waals surface area contributed by atoms with Gasteiger partial charge >= 0.3 is 0 Å². The van der Waals surface area contributed by atoms with E-state index in [1.807, 2.05) is 37.5 Å². The molecule has 1 amide bonds. The predicted octanol–water partition coefficient (Wildman–Crippen LogP) is 3.73. The summed E-state index contributed by atoms with van der Waals surface area (Å²) in [6.45, 7) is 3.38. The molecule has 1 saturated heterocycles. The zero-order chi connectivity index (χ0) is 22.2. The van der Waals surface area contributed by atoms with E-state index >= 15 is 0 Å². The Morgan fingerprint density at radius 1 is 1.32 bits per heavy atom. The predicted molar refractivity (Wildman–Crippen MR) is 121 cm³/mol. The number of carbonyl (C=O) groups is 2. The topological polar surface area (TPSA) is 87.3 Å². The molecule has 0 radical (unpaired) electrons. The zero-order valence-electron chi connectivity index (χ0n) is 18.8. The molecule has 2 N–H and O–H groups in total. The lowest BCUT2D eigenvalue weighted by Gasteiger charge is -2.19. The maximum Gasteiger partial charge on any atom is 0.225 e. The van der Waals surface area contributed by atoms with E-state index in [4.69, 9.17) is 4.74 Å². The Morgan fingerprint density at radius 3 is 2.87 bits per heavy atom. The van der Waals surface area contributed by atoms with Gasteiger partial charge in [-0.25, -0.2) is 4.98 Å². The summed E-state index contributed by atoms with van der Waals surface area (Å²) >= 11 is 0. The number of Topliss-reactive ketones (excluding diaryl/α,β-unsaturated/α-hetero) is 1. The van der Waals surface area contributed by atoms with E-state index in [-0.39, 0.29) is 23.7 Å². The van der Waals surface area contributed by atoms with Crippen molar-refractivity contribution < 1.29 is 14.3 Å². The summed E-state index contributed by atoms with van der Waals surface area (Å²) in [5, 5.41) is 3.23. The maximum atomic E-state index is 12.9. The first-order valence-electron chi connectivity index (χ1n) is 11.1. The van der Waals surface area contributed by atoms with E-state index in [2.05, 4.69) is 20.2 Å². The second-order valence-corrected chi connectivity index (χ2v) is 8.52. The number of carbonyl (C=O) groups excluding carboxylic acids is 2. The van der Waals surface area contributed by atoms with Gasteiger partial charge in [0.15, 0.2) is 0 Å². The number of unbranched alkanes of at least 4 members (excludes halogenated alkanes) is 2. The molecule has 1 aliphatic rings. The second kappa shape index (κ2) is 11.1. The molecule has 1 aromatic carbocycles. The van der Waals surface area contributed by atoms with Crippen molar-refractivity contribution in [2.45, 2.75) is 51.5 Å². The Labute approximate surface area is 184 Å². The van der Waals surface area contributed by atoms with Crippen molar-refractivity contribution in [2.75, 3.05) is 27.2 Å². The van der Waals surface area contributed by atoms with E-state index in [1.54, 1.807) is 14.0 Å². The van der Waals surface area contributed by atoms with E-state index < -0.39 is 0 Å². The van der Waals surface area contributed by atoms with Gasteiger partial charge in [-0.1, -0.05) is 25.0 Å². The Morgan fingerprint density at radius 2 is 2.16 bits per heavy atom. The average Bonchev–Trinajstić information content (AvgIpc) is 3.42. The van der Waals surface area contributed by atoms with Crippen LogP contribution in [0.25, 0.3) is 11.3 Å². The van der Waals surface area contributed by atoms with Crippen LogP contribution in [0, 0.1) is 5.92 Å². The minimum atomic E-state index is -0.171. The van der Waals surface area contributed by atoms with Crippen LogP contribution in [0.1, 0.15) is 57.3 Å². The summed E-state index contributed by atoms with van der Waals surface area (Å²) in [6.07, 6.45) is 6.88. The number of rotatable bonds is 11. The number of ether oxygens (including phenoxy) is 1. The summed E-state index contributed by atoms with van der Waals surface area (Å²) in [4.78, 5) is 34.2. The van der Waals surface area contributed by atoms with Crippen molar-refractivity contribution in [2.24, 2.45) is 5.92 Å². The number of amides is 1. The van der Waals surface area contributed by atoms with Crippen molar-refractivity contribution in [1.29, 1.82) is 0 Å². The van der Waals surface area contributed by atoms with E-state index in [9.17, 15) is 9.59 Å². The molecule has 3 rings (SSSR count). The molecule has 2 aromatic rings. The lowest BCUT2D eigenvalue weighted by atomic mass is 10.0. The molecule has 2 atom stereocenters. The van der Waals surface area contributed by atoms with Gasteiger partial charge in [-0.05, 0) is 51.9 Å². The first-order valence-corrected chi connectivity index (χ1v) is 11.1. The Bertz CT molecular complexity index is 879. The smallest absolute Gasteiger partial charge is 0.225 e. The van der Waals surface area contributed by atoms with Gasteiger partial charge in [0.25, 0.3) is 0 Å². The van der Waals surface area contributed by atoms with Crippen molar-refractivity contribution >= 4 is 11.7 Å². The summed E-state index contributed by atoms with van der Waals surface area (Å²) in [5.74, 6) is 1.90. The lowest BCUT2D eigenvalue weighted by molar-refractivity contribution is -0.125. The fourth-order valence-electron chi connectivity index (χ4n) is 4.07. The second-order valence-electron chi connectivity index (χ2n) is 8.52. The largest absolute Gasteiger partial charge is 0.497 e. The number of benzene rings is 1. The van der Waals surface area contributed by atoms with Crippen LogP contribution in [0.4, 0.5) is 0 Å². The highest BCUT2D eigenvalue weighted by molar-refractivity contribution is 5.79. The molecular formula is C24H34N4O3. The average molecular weight is 427 g/mol. The third kappa shape index (κ3) is 6.66. The molecule has 0 aliphatic carbocycles. The van der Waals surface area contributed by atoms with Gasteiger partial charge in [0.2, 0.25) is 5.91 Å². The van der Waals surface area contributed by atoms with Gasteiger partial charge in [-0.2, -0.15) is 0 Å². The van der Waals surface area contributed by atoms with Crippen molar-refractivity contribution in [1.82, 2.24) is 20.2 Å². The van der Waals surface area contributed by atoms with Crippen LogP contribution in [0.3, 0.4) is 0 Å². The first-order chi connectivity index (χ1) is 15.0. The normalized spacial score (nSPS) is 17.5. The van der Waals surface area contributed by atoms with Gasteiger partial charge in [0.1, 0.15) is 17.4 Å². The highest BCUT2D eigenvalue weighted by Crippen LogP contribution is 2.26. The van der Waals surface area contributed by atoms with Gasteiger partial charge in [0, 0.05) is 18.5 Å². The molecule has 1 fully saturated rings. The molecule has 1 aliphatic heterocycles. The van der Waals surface area contributed by atoms with Gasteiger partial charge in [-0.3, -0.25) is 4.79 Å². The van der Waals surface area contributed by atoms with Crippen LogP contribution in [0.5, 0.6) is 5.75 Å². The van der Waals surface area contributed by atoms with Gasteiger partial charge in [0.05, 0.1) is 31.0 Å². The molecule has 168 valence electrons. The molecule has 0 saturated carbocycles. The molecular weight excluding hydrogens is 392 g/mol.